The summed E-state index contributed by atoms with van der Waals surface area (Å²) >= 11 is 0. The third-order valence-corrected chi connectivity index (χ3v) is 3.33. The van der Waals surface area contributed by atoms with E-state index in [-0.39, 0.29) is 6.10 Å². The maximum Gasteiger partial charge on any atom is 0.0820 e. The van der Waals surface area contributed by atoms with Crippen molar-refractivity contribution < 1.29 is 9.47 Å². The molecule has 0 aromatic carbocycles. The van der Waals surface area contributed by atoms with Gasteiger partial charge in [0.2, 0.25) is 0 Å². The third kappa shape index (κ3) is 3.72. The van der Waals surface area contributed by atoms with Crippen LogP contribution in [0.2, 0.25) is 0 Å². The van der Waals surface area contributed by atoms with Crippen LogP contribution in [-0.2, 0) is 9.47 Å². The number of methoxy groups -OCH3 is 2. The minimum absolute atomic E-state index is 0.149. The summed E-state index contributed by atoms with van der Waals surface area (Å²) in [7, 11) is 3.51. The van der Waals surface area contributed by atoms with Gasteiger partial charge in [-0.2, -0.15) is 0 Å². The lowest BCUT2D eigenvalue weighted by Gasteiger charge is -2.37. The van der Waals surface area contributed by atoms with Crippen molar-refractivity contribution in [2.24, 2.45) is 11.7 Å². The smallest absolute Gasteiger partial charge is 0.0820 e. The van der Waals surface area contributed by atoms with Gasteiger partial charge in [-0.05, 0) is 18.9 Å². The Balaban J connectivity index is 2.37. The molecule has 0 aromatic heterocycles. The van der Waals surface area contributed by atoms with Gasteiger partial charge in [-0.25, -0.2) is 0 Å². The highest BCUT2D eigenvalue weighted by Gasteiger charge is 2.26. The average molecular weight is 216 g/mol. The standard InChI is InChI=1S/C11H24N2O2/c1-9-4-5-13(8-11(9)15-3)7-10(6-12)14-2/h9-11H,4-8,12H2,1-3H3. The summed E-state index contributed by atoms with van der Waals surface area (Å²) in [5, 5.41) is 0. The summed E-state index contributed by atoms with van der Waals surface area (Å²) < 4.78 is 10.8. The van der Waals surface area contributed by atoms with Gasteiger partial charge in [0.15, 0.2) is 0 Å². The molecule has 1 fully saturated rings. The van der Waals surface area contributed by atoms with Gasteiger partial charge in [0.25, 0.3) is 0 Å². The van der Waals surface area contributed by atoms with Crippen molar-refractivity contribution in [2.75, 3.05) is 40.4 Å². The summed E-state index contributed by atoms with van der Waals surface area (Å²) in [6.07, 6.45) is 1.70. The molecule has 1 aliphatic rings. The van der Waals surface area contributed by atoms with Crippen LogP contribution in [0.1, 0.15) is 13.3 Å². The van der Waals surface area contributed by atoms with Crippen LogP contribution in [0, 0.1) is 5.92 Å². The van der Waals surface area contributed by atoms with E-state index in [1.54, 1.807) is 14.2 Å². The number of piperidine rings is 1. The van der Waals surface area contributed by atoms with Gasteiger partial charge in [0, 0.05) is 33.9 Å². The summed E-state index contributed by atoms with van der Waals surface area (Å²) in [6.45, 7) is 5.88. The first-order valence-corrected chi connectivity index (χ1v) is 5.69. The predicted octanol–water partition coefficient (Wildman–Crippen LogP) is 0.317. The summed E-state index contributed by atoms with van der Waals surface area (Å²) in [4.78, 5) is 2.38. The highest BCUT2D eigenvalue weighted by Crippen LogP contribution is 2.19. The van der Waals surface area contributed by atoms with Crippen molar-refractivity contribution in [1.82, 2.24) is 4.90 Å². The SMILES string of the molecule is COC(CN)CN1CCC(C)C(OC)C1. The Morgan fingerprint density at radius 1 is 1.47 bits per heavy atom. The number of hydrogen-bond acceptors (Lipinski definition) is 4. The van der Waals surface area contributed by atoms with Crippen molar-refractivity contribution in [2.45, 2.75) is 25.6 Å². The van der Waals surface area contributed by atoms with E-state index >= 15 is 0 Å². The van der Waals surface area contributed by atoms with Gasteiger partial charge in [0.1, 0.15) is 0 Å². The van der Waals surface area contributed by atoms with Gasteiger partial charge in [-0.1, -0.05) is 6.92 Å². The number of nitrogens with zero attached hydrogens (tertiary/aromatic N) is 1. The lowest BCUT2D eigenvalue weighted by molar-refractivity contribution is -0.0222. The van der Waals surface area contributed by atoms with Gasteiger partial charge in [0.05, 0.1) is 12.2 Å². The highest BCUT2D eigenvalue weighted by atomic mass is 16.5. The van der Waals surface area contributed by atoms with Crippen LogP contribution in [0.25, 0.3) is 0 Å². The fourth-order valence-electron chi connectivity index (χ4n) is 2.10. The number of ether oxygens (including phenoxy) is 2. The van der Waals surface area contributed by atoms with Crippen LogP contribution >= 0.6 is 0 Å². The van der Waals surface area contributed by atoms with E-state index in [1.165, 1.54) is 6.42 Å². The summed E-state index contributed by atoms with van der Waals surface area (Å²) in [5.41, 5.74) is 5.61. The monoisotopic (exact) mass is 216 g/mol. The van der Waals surface area contributed by atoms with Gasteiger partial charge in [-0.3, -0.25) is 4.90 Å². The molecule has 0 amide bonds. The third-order valence-electron chi connectivity index (χ3n) is 3.33. The Hall–Kier alpha value is -0.160. The lowest BCUT2D eigenvalue weighted by Crippen LogP contribution is -2.48. The van der Waals surface area contributed by atoms with Crippen LogP contribution in [0.5, 0.6) is 0 Å². The first kappa shape index (κ1) is 12.9. The van der Waals surface area contributed by atoms with Gasteiger partial charge >= 0.3 is 0 Å². The first-order valence-electron chi connectivity index (χ1n) is 5.69. The molecule has 4 nitrogen and oxygen atoms in total. The Morgan fingerprint density at radius 2 is 2.20 bits per heavy atom. The molecule has 3 unspecified atom stereocenters. The number of nitrogens with two attached hydrogens (primary N) is 1. The van der Waals surface area contributed by atoms with Crippen molar-refractivity contribution in [3.05, 3.63) is 0 Å². The maximum absolute atomic E-state index is 5.61. The summed E-state index contributed by atoms with van der Waals surface area (Å²) in [6, 6.07) is 0. The Labute approximate surface area is 92.7 Å². The van der Waals surface area contributed by atoms with E-state index < -0.39 is 0 Å². The van der Waals surface area contributed by atoms with Crippen LogP contribution in [0.15, 0.2) is 0 Å². The van der Waals surface area contributed by atoms with Gasteiger partial charge < -0.3 is 15.2 Å². The molecular formula is C11H24N2O2. The maximum atomic E-state index is 5.61. The minimum atomic E-state index is 0.149. The van der Waals surface area contributed by atoms with E-state index in [9.17, 15) is 0 Å². The normalized spacial score (nSPS) is 30.4. The van der Waals surface area contributed by atoms with Crippen molar-refractivity contribution in [1.29, 1.82) is 0 Å². The van der Waals surface area contributed by atoms with E-state index in [0.29, 0.717) is 18.6 Å². The van der Waals surface area contributed by atoms with Crippen molar-refractivity contribution in [3.63, 3.8) is 0 Å². The molecule has 0 aliphatic carbocycles. The van der Waals surface area contributed by atoms with Crippen LogP contribution in [-0.4, -0.2) is 57.5 Å². The second-order valence-electron chi connectivity index (χ2n) is 4.39. The Kier molecular flexibility index (Phi) is 5.53. The molecule has 0 saturated carbocycles. The number of rotatable bonds is 5. The number of likely N-dealkylation sites (tertiary alicyclic amines) is 1. The van der Waals surface area contributed by atoms with Crippen LogP contribution < -0.4 is 5.73 Å². The topological polar surface area (TPSA) is 47.7 Å². The van der Waals surface area contributed by atoms with Gasteiger partial charge in [-0.15, -0.1) is 0 Å². The fraction of sp³-hybridized carbons (Fsp3) is 1.00. The van der Waals surface area contributed by atoms with Crippen LogP contribution in [0.3, 0.4) is 0 Å². The molecule has 3 atom stereocenters. The van der Waals surface area contributed by atoms with Crippen molar-refractivity contribution in [3.8, 4) is 0 Å². The van der Waals surface area contributed by atoms with E-state index in [0.717, 1.165) is 19.6 Å². The molecule has 0 radical (unpaired) electrons. The number of hydrogen-bond donors (Lipinski definition) is 1. The lowest BCUT2D eigenvalue weighted by atomic mass is 9.95. The molecule has 1 heterocycles. The molecule has 0 bridgehead atoms. The molecular weight excluding hydrogens is 192 g/mol. The average Bonchev–Trinajstić information content (AvgIpc) is 2.28. The van der Waals surface area contributed by atoms with E-state index in [4.69, 9.17) is 15.2 Å². The zero-order chi connectivity index (χ0) is 11.3. The Bertz CT molecular complexity index is 172. The molecule has 15 heavy (non-hydrogen) atoms. The van der Waals surface area contributed by atoms with E-state index in [2.05, 4.69) is 11.8 Å². The fourth-order valence-corrected chi connectivity index (χ4v) is 2.10. The molecule has 4 heteroatoms. The zero-order valence-electron chi connectivity index (χ0n) is 10.1. The molecule has 1 saturated heterocycles. The Morgan fingerprint density at radius 3 is 2.73 bits per heavy atom. The minimum Gasteiger partial charge on any atom is -0.380 e. The highest BCUT2D eigenvalue weighted by molar-refractivity contribution is 4.80. The molecule has 1 rings (SSSR count). The first-order chi connectivity index (χ1) is 7.21. The molecule has 90 valence electrons. The predicted molar refractivity (Wildman–Crippen MR) is 60.9 cm³/mol. The van der Waals surface area contributed by atoms with Crippen molar-refractivity contribution >= 4 is 0 Å². The van der Waals surface area contributed by atoms with Crippen LogP contribution in [0.4, 0.5) is 0 Å². The zero-order valence-corrected chi connectivity index (χ0v) is 10.1. The quantitative estimate of drug-likeness (QED) is 0.719. The molecule has 0 aromatic rings. The van der Waals surface area contributed by atoms with E-state index in [1.807, 2.05) is 0 Å². The summed E-state index contributed by atoms with van der Waals surface area (Å²) in [5.74, 6) is 0.658. The molecule has 0 spiro atoms. The second-order valence-corrected chi connectivity index (χ2v) is 4.39. The molecule has 2 N–H and O–H groups in total. The largest absolute Gasteiger partial charge is 0.380 e. The molecule has 1 aliphatic heterocycles. The second kappa shape index (κ2) is 6.43.